The third kappa shape index (κ3) is 39.1. The van der Waals surface area contributed by atoms with Gasteiger partial charge in [0.2, 0.25) is 5.91 Å². The molecule has 57 heavy (non-hydrogen) atoms. The number of carbonyl (C=O) groups is 1. The van der Waals surface area contributed by atoms with E-state index in [-0.39, 0.29) is 25.5 Å². The predicted octanol–water partition coefficient (Wildman–Crippen LogP) is 9.96. The van der Waals surface area contributed by atoms with Crippen molar-refractivity contribution in [2.45, 2.75) is 173 Å². The molecule has 0 spiro atoms. The smallest absolute Gasteiger partial charge is 0.391 e. The molecule has 0 fully saturated rings. The number of allylic oxidation sites excluding steroid dienone is 8. The number of nitrogens with one attached hydrogen (secondary N) is 1. The van der Waals surface area contributed by atoms with Gasteiger partial charge in [0.15, 0.2) is 0 Å². The predicted molar refractivity (Wildman–Crippen MR) is 238 cm³/mol. The number of aliphatic hydroxyl groups is 3. The van der Waals surface area contributed by atoms with Crippen LogP contribution in [0.5, 0.6) is 0 Å². The van der Waals surface area contributed by atoms with Gasteiger partial charge in [0.05, 0.1) is 52.1 Å². The molecule has 0 rings (SSSR count). The number of hydrogen-bond donors (Lipinski definition) is 5. The van der Waals surface area contributed by atoms with Crippen molar-refractivity contribution in [1.82, 2.24) is 5.32 Å². The zero-order valence-electron chi connectivity index (χ0n) is 36.5. The summed E-state index contributed by atoms with van der Waals surface area (Å²) in [4.78, 5) is 23.1. The number of carbonyl (C=O) groups excluding carboxylic acids is 1. The minimum Gasteiger partial charge on any atom is -0.391 e. The SMILES string of the molecule is CC/C=C\C[C@H](O)/C=C/C=C\C=C\[C@H](O)C/C=C\C/C=C\CCC(=O)N[C@@H](COP(=O)(O)OCC[N+](C)(C)C)[C@H](O)CCCCCCCCCCCCCCCC. The number of unbranched alkanes of at least 4 members (excludes halogenated alkanes) is 13. The number of aliphatic hydroxyl groups excluding tert-OH is 3. The van der Waals surface area contributed by atoms with E-state index in [1.54, 1.807) is 24.3 Å². The van der Waals surface area contributed by atoms with Crippen molar-refractivity contribution in [2.75, 3.05) is 40.9 Å². The molecule has 0 aromatic carbocycles. The zero-order valence-corrected chi connectivity index (χ0v) is 37.4. The topological polar surface area (TPSA) is 146 Å². The summed E-state index contributed by atoms with van der Waals surface area (Å²) in [5.74, 6) is -0.276. The van der Waals surface area contributed by atoms with Crippen molar-refractivity contribution in [3.8, 4) is 0 Å². The Morgan fingerprint density at radius 1 is 0.684 bits per heavy atom. The highest BCUT2D eigenvalue weighted by atomic mass is 31.2. The van der Waals surface area contributed by atoms with Gasteiger partial charge in [-0.15, -0.1) is 0 Å². The lowest BCUT2D eigenvalue weighted by Gasteiger charge is -2.26. The first-order chi connectivity index (χ1) is 27.3. The lowest BCUT2D eigenvalue weighted by atomic mass is 10.0. The first-order valence-corrected chi connectivity index (χ1v) is 23.5. The summed E-state index contributed by atoms with van der Waals surface area (Å²) >= 11 is 0. The molecule has 0 aromatic heterocycles. The van der Waals surface area contributed by atoms with Crippen LogP contribution in [0, 0.1) is 0 Å². The van der Waals surface area contributed by atoms with Crippen molar-refractivity contribution in [3.05, 3.63) is 72.9 Å². The molecule has 10 nitrogen and oxygen atoms in total. The number of amides is 1. The molecule has 0 saturated heterocycles. The number of nitrogens with zero attached hydrogens (tertiary/aromatic N) is 1. The van der Waals surface area contributed by atoms with Crippen molar-refractivity contribution >= 4 is 13.7 Å². The van der Waals surface area contributed by atoms with Crippen LogP contribution in [-0.2, 0) is 18.4 Å². The van der Waals surface area contributed by atoms with Crippen LogP contribution in [0.15, 0.2) is 72.9 Å². The number of rotatable bonds is 38. The normalized spacial score (nSPS) is 16.2. The molecule has 1 amide bonds. The van der Waals surface area contributed by atoms with Crippen LogP contribution in [0.1, 0.15) is 149 Å². The number of phosphoric acid groups is 1. The number of phosphoric ester groups is 1. The van der Waals surface area contributed by atoms with Gasteiger partial charge >= 0.3 is 7.82 Å². The van der Waals surface area contributed by atoms with E-state index >= 15 is 0 Å². The van der Waals surface area contributed by atoms with Gasteiger partial charge in [-0.3, -0.25) is 13.8 Å². The minimum atomic E-state index is -4.36. The van der Waals surface area contributed by atoms with Gasteiger partial charge in [-0.2, -0.15) is 0 Å². The fourth-order valence-electron chi connectivity index (χ4n) is 5.83. The molecule has 0 radical (unpaired) electrons. The standard InChI is InChI=1S/C46H83N2O8P/c1-6-8-10-11-12-13-14-15-16-17-18-19-23-31-37-45(51)44(41-56-57(53,54)55-40-39-48(3,4)5)47-46(52)38-32-24-21-20-22-28-34-43(50)36-30-26-25-29-35-42(49)33-27-9-7-2/h9,21-22,24-30,35-36,42-45,49-51H,6-8,10-20,23,31-34,37-41H2,1-5H3,(H-,47,52,53,54)/p+1/b24-21-,26-25-,27-9-,28-22-,35-29+,36-30+/t42-,43+,44-,45+/m0/s1. The molecule has 330 valence electrons. The molecule has 0 saturated carbocycles. The molecule has 0 bridgehead atoms. The monoisotopic (exact) mass is 824 g/mol. The van der Waals surface area contributed by atoms with E-state index in [9.17, 15) is 29.6 Å². The molecule has 0 heterocycles. The second-order valence-corrected chi connectivity index (χ2v) is 17.5. The maximum absolute atomic E-state index is 12.9. The van der Waals surface area contributed by atoms with Crippen molar-refractivity contribution in [2.24, 2.45) is 0 Å². The minimum absolute atomic E-state index is 0.0374. The second kappa shape index (κ2) is 36.9. The molecule has 0 aromatic rings. The highest BCUT2D eigenvalue weighted by Gasteiger charge is 2.28. The maximum Gasteiger partial charge on any atom is 0.472 e. The lowest BCUT2D eigenvalue weighted by molar-refractivity contribution is -0.870. The van der Waals surface area contributed by atoms with Crippen molar-refractivity contribution < 1.29 is 43.1 Å². The molecule has 0 aliphatic rings. The quantitative estimate of drug-likeness (QED) is 0.0136. The Bertz CT molecular complexity index is 1190. The van der Waals surface area contributed by atoms with Gasteiger partial charge in [0, 0.05) is 6.42 Å². The van der Waals surface area contributed by atoms with Gasteiger partial charge in [-0.1, -0.05) is 177 Å². The molecule has 1 unspecified atom stereocenters. The van der Waals surface area contributed by atoms with E-state index in [4.69, 9.17) is 9.05 Å². The average Bonchev–Trinajstić information content (AvgIpc) is 3.15. The molecule has 0 aliphatic heterocycles. The van der Waals surface area contributed by atoms with E-state index in [1.165, 1.54) is 70.6 Å². The Kier molecular flexibility index (Phi) is 35.5. The molecule has 0 aliphatic carbocycles. The van der Waals surface area contributed by atoms with Crippen LogP contribution >= 0.6 is 7.82 Å². The summed E-state index contributed by atoms with van der Waals surface area (Å²) in [6.45, 7) is 4.52. The van der Waals surface area contributed by atoms with Crippen molar-refractivity contribution in [1.29, 1.82) is 0 Å². The first-order valence-electron chi connectivity index (χ1n) is 22.0. The van der Waals surface area contributed by atoms with E-state index in [2.05, 4.69) is 19.2 Å². The lowest BCUT2D eigenvalue weighted by Crippen LogP contribution is -2.46. The molecule has 5 atom stereocenters. The third-order valence-corrected chi connectivity index (χ3v) is 10.4. The Morgan fingerprint density at radius 2 is 1.19 bits per heavy atom. The molecular formula is C46H84N2O8P+. The summed E-state index contributed by atoms with van der Waals surface area (Å²) < 4.78 is 23.5. The van der Waals surface area contributed by atoms with Gasteiger partial charge in [-0.25, -0.2) is 4.57 Å². The Hall–Kier alpha value is -2.14. The van der Waals surface area contributed by atoms with Gasteiger partial charge < -0.3 is 30.0 Å². The fourth-order valence-corrected chi connectivity index (χ4v) is 6.57. The maximum atomic E-state index is 12.9. The van der Waals surface area contributed by atoms with Gasteiger partial charge in [0.25, 0.3) is 0 Å². The number of quaternary nitrogens is 1. The van der Waals surface area contributed by atoms with E-state index in [0.29, 0.717) is 43.1 Å². The summed E-state index contributed by atoms with van der Waals surface area (Å²) in [6, 6.07) is -0.841. The van der Waals surface area contributed by atoms with Crippen LogP contribution < -0.4 is 5.32 Å². The van der Waals surface area contributed by atoms with Gasteiger partial charge in [-0.05, 0) is 38.5 Å². The van der Waals surface area contributed by atoms with Crippen molar-refractivity contribution in [3.63, 3.8) is 0 Å². The summed E-state index contributed by atoms with van der Waals surface area (Å²) in [5, 5.41) is 33.9. The molecule has 5 N–H and O–H groups in total. The largest absolute Gasteiger partial charge is 0.472 e. The van der Waals surface area contributed by atoms with Crippen LogP contribution in [-0.4, -0.2) is 95.9 Å². The summed E-state index contributed by atoms with van der Waals surface area (Å²) in [5.41, 5.74) is 0. The Labute approximate surface area is 348 Å². The average molecular weight is 824 g/mol. The van der Waals surface area contributed by atoms with Crippen LogP contribution in [0.3, 0.4) is 0 Å². The highest BCUT2D eigenvalue weighted by molar-refractivity contribution is 7.47. The zero-order chi connectivity index (χ0) is 42.5. The van der Waals surface area contributed by atoms with E-state index in [0.717, 1.165) is 25.7 Å². The van der Waals surface area contributed by atoms with E-state index in [1.807, 2.05) is 69.8 Å². The summed E-state index contributed by atoms with van der Waals surface area (Å²) in [6.07, 6.45) is 41.4. The Morgan fingerprint density at radius 3 is 1.72 bits per heavy atom. The first kappa shape index (κ1) is 54.9. The van der Waals surface area contributed by atoms with E-state index < -0.39 is 32.2 Å². The molecular weight excluding hydrogens is 739 g/mol. The number of hydrogen-bond acceptors (Lipinski definition) is 7. The Balaban J connectivity index is 4.65. The van der Waals surface area contributed by atoms with Gasteiger partial charge in [0.1, 0.15) is 13.2 Å². The number of likely N-dealkylation sites (N-methyl/N-ethyl adjacent to an activating group) is 1. The second-order valence-electron chi connectivity index (χ2n) is 16.1. The van der Waals surface area contributed by atoms with Crippen LogP contribution in [0.25, 0.3) is 0 Å². The van der Waals surface area contributed by atoms with Crippen LogP contribution in [0.2, 0.25) is 0 Å². The third-order valence-electron chi connectivity index (χ3n) is 9.40. The highest BCUT2D eigenvalue weighted by Crippen LogP contribution is 2.43. The fraction of sp³-hybridized carbons (Fsp3) is 0.717. The molecule has 11 heteroatoms. The van der Waals surface area contributed by atoms with Crippen LogP contribution in [0.4, 0.5) is 0 Å². The summed E-state index contributed by atoms with van der Waals surface area (Å²) in [7, 11) is 1.49.